The standard InChI is InChI=1S/C10H15N2S/c1-10(4-5-10)9-8(6-12(2)3)11-7-13-9/h4-6H2,1-3H3. The van der Waals surface area contributed by atoms with Crippen LogP contribution in [0.1, 0.15) is 30.3 Å². The van der Waals surface area contributed by atoms with Gasteiger partial charge in [-0.3, -0.25) is 0 Å². The first-order valence-corrected chi connectivity index (χ1v) is 5.44. The van der Waals surface area contributed by atoms with Crippen molar-refractivity contribution in [3.8, 4) is 0 Å². The maximum atomic E-state index is 4.31. The molecule has 2 nitrogen and oxygen atoms in total. The second-order valence-corrected chi connectivity index (χ2v) is 5.17. The van der Waals surface area contributed by atoms with Crippen LogP contribution in [-0.4, -0.2) is 24.0 Å². The zero-order valence-electron chi connectivity index (χ0n) is 8.42. The zero-order chi connectivity index (χ0) is 9.47. The van der Waals surface area contributed by atoms with E-state index >= 15 is 0 Å². The SMILES string of the molecule is CN(C)Cc1n[c]sc1C1(C)CC1. The lowest BCUT2D eigenvalue weighted by atomic mass is 10.1. The number of aromatic nitrogens is 1. The number of rotatable bonds is 3. The van der Waals surface area contributed by atoms with E-state index < -0.39 is 0 Å². The smallest absolute Gasteiger partial charge is 0.152 e. The van der Waals surface area contributed by atoms with E-state index in [1.54, 1.807) is 11.3 Å². The normalized spacial score (nSPS) is 19.4. The van der Waals surface area contributed by atoms with Crippen LogP contribution in [0.3, 0.4) is 0 Å². The van der Waals surface area contributed by atoms with Gasteiger partial charge >= 0.3 is 0 Å². The van der Waals surface area contributed by atoms with E-state index in [0.29, 0.717) is 5.41 Å². The minimum absolute atomic E-state index is 0.447. The predicted molar refractivity (Wildman–Crippen MR) is 54.9 cm³/mol. The van der Waals surface area contributed by atoms with E-state index in [0.717, 1.165) is 6.54 Å². The maximum Gasteiger partial charge on any atom is 0.152 e. The summed E-state index contributed by atoms with van der Waals surface area (Å²) in [6.07, 6.45) is 2.65. The summed E-state index contributed by atoms with van der Waals surface area (Å²) in [7, 11) is 4.16. The Morgan fingerprint density at radius 3 is 2.77 bits per heavy atom. The quantitative estimate of drug-likeness (QED) is 0.734. The molecule has 0 atom stereocenters. The monoisotopic (exact) mass is 195 g/mol. The van der Waals surface area contributed by atoms with E-state index in [1.165, 1.54) is 23.4 Å². The molecule has 1 aromatic heterocycles. The Labute approximate surface area is 83.6 Å². The van der Waals surface area contributed by atoms with Crippen LogP contribution in [0.2, 0.25) is 0 Å². The molecule has 1 aliphatic rings. The largest absolute Gasteiger partial charge is 0.304 e. The molecule has 13 heavy (non-hydrogen) atoms. The van der Waals surface area contributed by atoms with Crippen molar-refractivity contribution in [2.75, 3.05) is 14.1 Å². The van der Waals surface area contributed by atoms with Crippen LogP contribution in [0.4, 0.5) is 0 Å². The number of nitrogens with zero attached hydrogens (tertiary/aromatic N) is 2. The van der Waals surface area contributed by atoms with Gasteiger partial charge in [-0.05, 0) is 26.9 Å². The molecule has 0 saturated heterocycles. The number of hydrogen-bond donors (Lipinski definition) is 0. The Hall–Kier alpha value is -0.410. The first-order valence-electron chi connectivity index (χ1n) is 4.63. The fourth-order valence-corrected chi connectivity index (χ4v) is 2.45. The number of thiazole rings is 1. The van der Waals surface area contributed by atoms with E-state index in [9.17, 15) is 0 Å². The van der Waals surface area contributed by atoms with Crippen molar-refractivity contribution in [2.45, 2.75) is 31.7 Å². The average Bonchev–Trinajstić information content (AvgIpc) is 2.62. The lowest BCUT2D eigenvalue weighted by molar-refractivity contribution is 0.395. The molecule has 0 N–H and O–H groups in total. The van der Waals surface area contributed by atoms with Crippen molar-refractivity contribution in [3.63, 3.8) is 0 Å². The average molecular weight is 195 g/mol. The summed E-state index contributed by atoms with van der Waals surface area (Å²) in [5.41, 5.74) is 4.69. The van der Waals surface area contributed by atoms with Crippen molar-refractivity contribution in [1.82, 2.24) is 9.88 Å². The Bertz CT molecular complexity index is 300. The van der Waals surface area contributed by atoms with Gasteiger partial charge in [0.1, 0.15) is 0 Å². The van der Waals surface area contributed by atoms with Crippen LogP contribution in [-0.2, 0) is 12.0 Å². The molecule has 3 heteroatoms. The van der Waals surface area contributed by atoms with E-state index in [1.807, 2.05) is 0 Å². The number of hydrogen-bond acceptors (Lipinski definition) is 3. The summed E-state index contributed by atoms with van der Waals surface area (Å²) in [6, 6.07) is 0. The van der Waals surface area contributed by atoms with Crippen molar-refractivity contribution in [3.05, 3.63) is 16.1 Å². The molecule has 0 aliphatic heterocycles. The summed E-state index contributed by atoms with van der Waals surface area (Å²) in [4.78, 5) is 7.94. The molecule has 0 spiro atoms. The van der Waals surface area contributed by atoms with Gasteiger partial charge in [0.15, 0.2) is 5.51 Å². The topological polar surface area (TPSA) is 16.1 Å². The van der Waals surface area contributed by atoms with Crippen molar-refractivity contribution in [2.24, 2.45) is 0 Å². The van der Waals surface area contributed by atoms with Crippen LogP contribution in [0, 0.1) is 5.51 Å². The summed E-state index contributed by atoms with van der Waals surface area (Å²) in [5.74, 6) is 0. The van der Waals surface area contributed by atoms with Gasteiger partial charge in [0.25, 0.3) is 0 Å². The Balaban J connectivity index is 2.21. The Kier molecular flexibility index (Phi) is 2.16. The van der Waals surface area contributed by atoms with Crippen molar-refractivity contribution in [1.29, 1.82) is 0 Å². The molecule has 1 fully saturated rings. The second-order valence-electron chi connectivity index (χ2n) is 4.38. The van der Waals surface area contributed by atoms with Crippen molar-refractivity contribution >= 4 is 11.3 Å². The molecule has 2 rings (SSSR count). The maximum absolute atomic E-state index is 4.31. The van der Waals surface area contributed by atoms with Crippen LogP contribution in [0.5, 0.6) is 0 Å². The molecule has 71 valence electrons. The Morgan fingerprint density at radius 1 is 1.54 bits per heavy atom. The van der Waals surface area contributed by atoms with E-state index in [-0.39, 0.29) is 0 Å². The van der Waals surface area contributed by atoms with Crippen LogP contribution in [0.15, 0.2) is 0 Å². The third-order valence-electron chi connectivity index (χ3n) is 2.60. The highest BCUT2D eigenvalue weighted by molar-refractivity contribution is 7.09. The van der Waals surface area contributed by atoms with Gasteiger partial charge in [0, 0.05) is 16.8 Å². The summed E-state index contributed by atoms with van der Waals surface area (Å²) >= 11 is 1.70. The van der Waals surface area contributed by atoms with Crippen LogP contribution < -0.4 is 0 Å². The van der Waals surface area contributed by atoms with Gasteiger partial charge in [-0.25, -0.2) is 4.98 Å². The van der Waals surface area contributed by atoms with Crippen molar-refractivity contribution < 1.29 is 0 Å². The fraction of sp³-hybridized carbons (Fsp3) is 0.700. The fourth-order valence-electron chi connectivity index (χ4n) is 1.53. The molecular formula is C10H15N2S. The van der Waals surface area contributed by atoms with E-state index in [4.69, 9.17) is 0 Å². The molecule has 1 aromatic rings. The third-order valence-corrected chi connectivity index (χ3v) is 3.72. The molecule has 1 radical (unpaired) electrons. The summed E-state index contributed by atoms with van der Waals surface area (Å²) in [6.45, 7) is 3.28. The first-order chi connectivity index (χ1) is 6.12. The molecule has 0 aromatic carbocycles. The highest BCUT2D eigenvalue weighted by Crippen LogP contribution is 2.50. The summed E-state index contributed by atoms with van der Waals surface area (Å²) < 4.78 is 0. The van der Waals surface area contributed by atoms with Gasteiger partial charge in [-0.1, -0.05) is 6.92 Å². The molecule has 1 saturated carbocycles. The minimum Gasteiger partial charge on any atom is -0.304 e. The van der Waals surface area contributed by atoms with Crippen LogP contribution >= 0.6 is 11.3 Å². The summed E-state index contributed by atoms with van der Waals surface area (Å²) in [5, 5.41) is 0. The first kappa shape index (κ1) is 9.16. The van der Waals surface area contributed by atoms with Gasteiger partial charge < -0.3 is 4.90 Å². The Morgan fingerprint density at radius 2 is 2.23 bits per heavy atom. The van der Waals surface area contributed by atoms with E-state index in [2.05, 4.69) is 36.4 Å². The zero-order valence-corrected chi connectivity index (χ0v) is 9.24. The minimum atomic E-state index is 0.447. The highest BCUT2D eigenvalue weighted by atomic mass is 32.1. The molecule has 1 heterocycles. The lowest BCUT2D eigenvalue weighted by Gasteiger charge is -2.12. The van der Waals surface area contributed by atoms with Gasteiger partial charge in [0.2, 0.25) is 0 Å². The molecule has 0 bridgehead atoms. The second kappa shape index (κ2) is 3.07. The highest BCUT2D eigenvalue weighted by Gasteiger charge is 2.42. The lowest BCUT2D eigenvalue weighted by Crippen LogP contribution is -2.14. The third kappa shape index (κ3) is 1.76. The molecule has 0 amide bonds. The molecule has 1 aliphatic carbocycles. The molecule has 0 unspecified atom stereocenters. The van der Waals surface area contributed by atoms with Gasteiger partial charge in [0.05, 0.1) is 5.69 Å². The van der Waals surface area contributed by atoms with Gasteiger partial charge in [-0.2, -0.15) is 0 Å². The molecular weight excluding hydrogens is 180 g/mol. The predicted octanol–water partition coefficient (Wildman–Crippen LogP) is 2.06. The van der Waals surface area contributed by atoms with Gasteiger partial charge in [-0.15, -0.1) is 11.3 Å². The van der Waals surface area contributed by atoms with Crippen LogP contribution in [0.25, 0.3) is 0 Å².